The number of hydrogen-bond acceptors (Lipinski definition) is 3. The highest BCUT2D eigenvalue weighted by Crippen LogP contribution is 2.27. The molecule has 4 heteroatoms. The fourth-order valence-electron chi connectivity index (χ4n) is 2.09. The van der Waals surface area contributed by atoms with Gasteiger partial charge in [0.25, 0.3) is 0 Å². The van der Waals surface area contributed by atoms with Crippen molar-refractivity contribution in [1.82, 2.24) is 5.32 Å². The molecule has 116 valence electrons. The van der Waals surface area contributed by atoms with Crippen molar-refractivity contribution in [3.8, 4) is 5.75 Å². The van der Waals surface area contributed by atoms with Gasteiger partial charge in [-0.3, -0.25) is 0 Å². The van der Waals surface area contributed by atoms with E-state index in [2.05, 4.69) is 5.32 Å². The fraction of sp³-hybridized carbons (Fsp3) is 0.278. The van der Waals surface area contributed by atoms with Crippen LogP contribution in [-0.2, 0) is 16.9 Å². The zero-order chi connectivity index (χ0) is 16.0. The summed E-state index contributed by atoms with van der Waals surface area (Å²) in [6.45, 7) is 4.14. The van der Waals surface area contributed by atoms with E-state index in [0.29, 0.717) is 6.54 Å². The van der Waals surface area contributed by atoms with E-state index in [0.717, 1.165) is 16.9 Å². The van der Waals surface area contributed by atoms with Crippen molar-refractivity contribution in [3.05, 3.63) is 65.7 Å². The third-order valence-electron chi connectivity index (χ3n) is 3.39. The maximum absolute atomic E-state index is 12.0. The van der Waals surface area contributed by atoms with Gasteiger partial charge < -0.3 is 14.8 Å². The van der Waals surface area contributed by atoms with E-state index in [1.54, 1.807) is 7.11 Å². The highest BCUT2D eigenvalue weighted by atomic mass is 16.6. The van der Waals surface area contributed by atoms with Crippen molar-refractivity contribution in [1.29, 1.82) is 0 Å². The topological polar surface area (TPSA) is 47.6 Å². The summed E-state index contributed by atoms with van der Waals surface area (Å²) in [6.07, 6.45) is -0.448. The number of carbonyl (C=O) groups is 1. The van der Waals surface area contributed by atoms with Crippen molar-refractivity contribution in [2.45, 2.75) is 26.0 Å². The quantitative estimate of drug-likeness (QED) is 0.912. The Morgan fingerprint density at radius 3 is 2.50 bits per heavy atom. The molecule has 22 heavy (non-hydrogen) atoms. The minimum absolute atomic E-state index is 0.438. The molecule has 4 nitrogen and oxygen atoms in total. The summed E-state index contributed by atoms with van der Waals surface area (Å²) in [4.78, 5) is 12.0. The minimum atomic E-state index is -0.741. The lowest BCUT2D eigenvalue weighted by molar-refractivity contribution is 0.0359. The molecule has 0 aliphatic rings. The minimum Gasteiger partial charge on any atom is -0.497 e. The van der Waals surface area contributed by atoms with Crippen molar-refractivity contribution in [2.75, 3.05) is 7.11 Å². The summed E-state index contributed by atoms with van der Waals surface area (Å²) in [5, 5.41) is 2.76. The summed E-state index contributed by atoms with van der Waals surface area (Å²) in [6, 6.07) is 17.2. The SMILES string of the molecule is COc1cccc(C(C)(C)OC(=O)NCc2ccccc2)c1. The second kappa shape index (κ2) is 6.98. The Morgan fingerprint density at radius 1 is 1.09 bits per heavy atom. The molecule has 0 unspecified atom stereocenters. The first-order chi connectivity index (χ1) is 10.5. The van der Waals surface area contributed by atoms with Gasteiger partial charge in [0.15, 0.2) is 0 Å². The second-order valence-electron chi connectivity index (χ2n) is 5.47. The lowest BCUT2D eigenvalue weighted by Crippen LogP contribution is -2.32. The maximum atomic E-state index is 12.0. The van der Waals surface area contributed by atoms with Gasteiger partial charge in [-0.2, -0.15) is 0 Å². The second-order valence-corrected chi connectivity index (χ2v) is 5.47. The molecule has 0 spiro atoms. The lowest BCUT2D eigenvalue weighted by atomic mass is 9.98. The molecular formula is C18H21NO3. The largest absolute Gasteiger partial charge is 0.497 e. The highest BCUT2D eigenvalue weighted by Gasteiger charge is 2.25. The molecule has 2 aromatic carbocycles. The average molecular weight is 299 g/mol. The Morgan fingerprint density at radius 2 is 1.82 bits per heavy atom. The van der Waals surface area contributed by atoms with E-state index in [9.17, 15) is 4.79 Å². The Labute approximate surface area is 131 Å². The van der Waals surface area contributed by atoms with Crippen molar-refractivity contribution in [3.63, 3.8) is 0 Å². The molecule has 0 aliphatic heterocycles. The van der Waals surface area contributed by atoms with Gasteiger partial charge in [-0.15, -0.1) is 0 Å². The first-order valence-corrected chi connectivity index (χ1v) is 7.16. The smallest absolute Gasteiger partial charge is 0.408 e. The zero-order valence-electron chi connectivity index (χ0n) is 13.1. The number of rotatable bonds is 5. The summed E-state index contributed by atoms with van der Waals surface area (Å²) in [5.41, 5.74) is 1.16. The molecule has 2 rings (SSSR count). The van der Waals surface area contributed by atoms with Gasteiger partial charge in [-0.1, -0.05) is 42.5 Å². The van der Waals surface area contributed by atoms with Gasteiger partial charge in [-0.25, -0.2) is 4.79 Å². The first kappa shape index (κ1) is 15.9. The Balaban J connectivity index is 1.97. The Hall–Kier alpha value is -2.49. The van der Waals surface area contributed by atoms with Gasteiger partial charge >= 0.3 is 6.09 Å². The number of methoxy groups -OCH3 is 1. The molecular weight excluding hydrogens is 278 g/mol. The van der Waals surface area contributed by atoms with Crippen LogP contribution >= 0.6 is 0 Å². The molecule has 0 radical (unpaired) electrons. The monoisotopic (exact) mass is 299 g/mol. The first-order valence-electron chi connectivity index (χ1n) is 7.16. The fourth-order valence-corrected chi connectivity index (χ4v) is 2.09. The van der Waals surface area contributed by atoms with Crippen LogP contribution in [0.1, 0.15) is 25.0 Å². The molecule has 0 aromatic heterocycles. The van der Waals surface area contributed by atoms with Crippen LogP contribution in [-0.4, -0.2) is 13.2 Å². The number of nitrogens with one attached hydrogen (secondary N) is 1. The summed E-state index contributed by atoms with van der Waals surface area (Å²) in [5.74, 6) is 0.735. The third kappa shape index (κ3) is 4.25. The number of hydrogen-bond donors (Lipinski definition) is 1. The number of alkyl carbamates (subject to hydrolysis) is 1. The number of carbonyl (C=O) groups excluding carboxylic acids is 1. The van der Waals surface area contributed by atoms with Crippen LogP contribution in [0.2, 0.25) is 0 Å². The van der Waals surface area contributed by atoms with E-state index < -0.39 is 11.7 Å². The lowest BCUT2D eigenvalue weighted by Gasteiger charge is -2.26. The van der Waals surface area contributed by atoms with E-state index in [1.165, 1.54) is 0 Å². The highest BCUT2D eigenvalue weighted by molar-refractivity contribution is 5.68. The molecule has 0 heterocycles. The molecule has 0 bridgehead atoms. The Kier molecular flexibility index (Phi) is 5.04. The van der Waals surface area contributed by atoms with Crippen LogP contribution in [0.15, 0.2) is 54.6 Å². The predicted octanol–water partition coefficient (Wildman–Crippen LogP) is 3.86. The van der Waals surface area contributed by atoms with E-state index in [4.69, 9.17) is 9.47 Å². The average Bonchev–Trinajstić information content (AvgIpc) is 2.53. The van der Waals surface area contributed by atoms with Gasteiger partial charge in [0.2, 0.25) is 0 Å². The van der Waals surface area contributed by atoms with E-state index in [1.807, 2.05) is 68.4 Å². The molecule has 0 aliphatic carbocycles. The van der Waals surface area contributed by atoms with Crippen molar-refractivity contribution in [2.24, 2.45) is 0 Å². The Bertz CT molecular complexity index is 623. The summed E-state index contributed by atoms with van der Waals surface area (Å²) < 4.78 is 10.7. The van der Waals surface area contributed by atoms with Gasteiger partial charge in [0, 0.05) is 6.54 Å². The summed E-state index contributed by atoms with van der Waals surface area (Å²) in [7, 11) is 1.61. The van der Waals surface area contributed by atoms with Crippen LogP contribution in [0, 0.1) is 0 Å². The maximum Gasteiger partial charge on any atom is 0.408 e. The number of ether oxygens (including phenoxy) is 2. The third-order valence-corrected chi connectivity index (χ3v) is 3.39. The predicted molar refractivity (Wildman–Crippen MR) is 85.8 cm³/mol. The van der Waals surface area contributed by atoms with Crippen molar-refractivity contribution >= 4 is 6.09 Å². The molecule has 0 fully saturated rings. The number of amides is 1. The number of benzene rings is 2. The molecule has 2 aromatic rings. The van der Waals surface area contributed by atoms with E-state index >= 15 is 0 Å². The molecule has 1 amide bonds. The van der Waals surface area contributed by atoms with Crippen molar-refractivity contribution < 1.29 is 14.3 Å². The normalized spacial score (nSPS) is 10.9. The zero-order valence-corrected chi connectivity index (χ0v) is 13.1. The summed E-state index contributed by atoms with van der Waals surface area (Å²) >= 11 is 0. The molecule has 0 saturated heterocycles. The van der Waals surface area contributed by atoms with Crippen LogP contribution in [0.3, 0.4) is 0 Å². The van der Waals surface area contributed by atoms with Crippen LogP contribution < -0.4 is 10.1 Å². The van der Waals surface area contributed by atoms with Crippen LogP contribution in [0.4, 0.5) is 4.79 Å². The van der Waals surface area contributed by atoms with Gasteiger partial charge in [0.05, 0.1) is 7.11 Å². The van der Waals surface area contributed by atoms with Crippen LogP contribution in [0.25, 0.3) is 0 Å². The van der Waals surface area contributed by atoms with E-state index in [-0.39, 0.29) is 0 Å². The van der Waals surface area contributed by atoms with Crippen LogP contribution in [0.5, 0.6) is 5.75 Å². The van der Waals surface area contributed by atoms with Gasteiger partial charge in [-0.05, 0) is 37.1 Å². The molecule has 1 N–H and O–H groups in total. The standard InChI is InChI=1S/C18H21NO3/c1-18(2,15-10-7-11-16(12-15)21-3)22-17(20)19-13-14-8-5-4-6-9-14/h4-12H,13H2,1-3H3,(H,19,20). The molecule has 0 saturated carbocycles. The van der Waals surface area contributed by atoms with Gasteiger partial charge in [0.1, 0.15) is 11.4 Å². The molecule has 0 atom stereocenters.